The number of amides is 1. The summed E-state index contributed by atoms with van der Waals surface area (Å²) in [5.41, 5.74) is 0.335. The van der Waals surface area contributed by atoms with E-state index in [-0.39, 0.29) is 34.9 Å². The van der Waals surface area contributed by atoms with Gasteiger partial charge in [-0.2, -0.15) is 0 Å². The van der Waals surface area contributed by atoms with E-state index in [2.05, 4.69) is 4.90 Å². The Hall–Kier alpha value is -3.92. The molecule has 1 fully saturated rings. The third-order valence-electron chi connectivity index (χ3n) is 5.96. The smallest absolute Gasteiger partial charge is 0.295 e. The van der Waals surface area contributed by atoms with Gasteiger partial charge in [0.1, 0.15) is 5.76 Å². The van der Waals surface area contributed by atoms with Gasteiger partial charge < -0.3 is 24.7 Å². The number of ketones is 1. The van der Waals surface area contributed by atoms with Crippen LogP contribution in [0.3, 0.4) is 0 Å². The van der Waals surface area contributed by atoms with Gasteiger partial charge in [-0.15, -0.1) is 0 Å². The van der Waals surface area contributed by atoms with E-state index in [9.17, 15) is 29.9 Å². The number of phenolic OH excluding ortho intramolecular Hbond substituents is 1. The summed E-state index contributed by atoms with van der Waals surface area (Å²) in [4.78, 5) is 40.0. The van der Waals surface area contributed by atoms with Gasteiger partial charge in [0.05, 0.1) is 23.6 Å². The van der Waals surface area contributed by atoms with Gasteiger partial charge in [-0.05, 0) is 42.9 Å². The molecule has 1 unspecified atom stereocenters. The second-order valence-electron chi connectivity index (χ2n) is 7.75. The third-order valence-corrected chi connectivity index (χ3v) is 5.96. The first-order chi connectivity index (χ1) is 16.2. The zero-order valence-corrected chi connectivity index (χ0v) is 19.2. The van der Waals surface area contributed by atoms with Crippen LogP contribution in [0.15, 0.2) is 48.0 Å². The number of rotatable bonds is 9. The van der Waals surface area contributed by atoms with Crippen LogP contribution in [-0.4, -0.2) is 69.9 Å². The Morgan fingerprint density at radius 2 is 1.79 bits per heavy atom. The molecular weight excluding hydrogens is 442 g/mol. The van der Waals surface area contributed by atoms with Crippen LogP contribution in [0.2, 0.25) is 0 Å². The number of likely N-dealkylation sites (tertiary alicyclic amines) is 1. The number of benzene rings is 2. The number of ether oxygens (including phenoxy) is 1. The highest BCUT2D eigenvalue weighted by molar-refractivity contribution is 6.46. The summed E-state index contributed by atoms with van der Waals surface area (Å²) in [6.07, 6.45) is 0. The zero-order valence-electron chi connectivity index (χ0n) is 19.2. The number of Topliss-reactive ketones (excluding diaryl/α,β-unsaturated/α-hetero) is 1. The lowest BCUT2D eigenvalue weighted by atomic mass is 9.95. The van der Waals surface area contributed by atoms with Gasteiger partial charge in [0.15, 0.2) is 11.5 Å². The number of aromatic hydroxyl groups is 1. The van der Waals surface area contributed by atoms with Gasteiger partial charge in [0.2, 0.25) is 0 Å². The lowest BCUT2D eigenvalue weighted by Gasteiger charge is -2.28. The number of nitro groups is 1. The average molecular weight is 469 g/mol. The Morgan fingerprint density at radius 1 is 1.15 bits per heavy atom. The van der Waals surface area contributed by atoms with Gasteiger partial charge in [0, 0.05) is 30.8 Å². The number of aliphatic hydroxyl groups excluding tert-OH is 1. The predicted octanol–water partition coefficient (Wildman–Crippen LogP) is 3.07. The first-order valence-corrected chi connectivity index (χ1v) is 10.9. The van der Waals surface area contributed by atoms with Crippen molar-refractivity contribution in [3.63, 3.8) is 0 Å². The highest BCUT2D eigenvalue weighted by atomic mass is 16.6. The molecule has 0 spiro atoms. The van der Waals surface area contributed by atoms with Crippen molar-refractivity contribution in [2.75, 3.05) is 33.3 Å². The number of likely N-dealkylation sites (N-methyl/N-ethyl adjacent to an activating group) is 1. The van der Waals surface area contributed by atoms with E-state index in [0.717, 1.165) is 13.1 Å². The molecule has 1 aliphatic rings. The molecule has 34 heavy (non-hydrogen) atoms. The molecule has 0 saturated carbocycles. The number of aliphatic hydroxyl groups is 1. The minimum absolute atomic E-state index is 0.110. The zero-order chi connectivity index (χ0) is 25.0. The maximum atomic E-state index is 13.1. The van der Waals surface area contributed by atoms with Crippen LogP contribution in [0.5, 0.6) is 11.5 Å². The van der Waals surface area contributed by atoms with Crippen LogP contribution in [0.1, 0.15) is 31.0 Å². The predicted molar refractivity (Wildman–Crippen MR) is 125 cm³/mol. The van der Waals surface area contributed by atoms with Crippen molar-refractivity contribution >= 4 is 23.1 Å². The fraction of sp³-hybridized carbons (Fsp3) is 0.333. The molecule has 1 atom stereocenters. The van der Waals surface area contributed by atoms with Crippen molar-refractivity contribution in [1.29, 1.82) is 0 Å². The highest BCUT2D eigenvalue weighted by Crippen LogP contribution is 2.41. The van der Waals surface area contributed by atoms with Crippen molar-refractivity contribution in [3.8, 4) is 11.5 Å². The maximum Gasteiger partial charge on any atom is 0.295 e. The number of hydrogen-bond acceptors (Lipinski definition) is 8. The number of non-ortho nitro benzene ring substituents is 1. The maximum absolute atomic E-state index is 13.1. The van der Waals surface area contributed by atoms with Crippen LogP contribution in [0.4, 0.5) is 5.69 Å². The minimum Gasteiger partial charge on any atom is -0.507 e. The molecule has 10 nitrogen and oxygen atoms in total. The molecule has 2 aromatic carbocycles. The normalized spacial score (nSPS) is 17.4. The van der Waals surface area contributed by atoms with Gasteiger partial charge in [-0.25, -0.2) is 0 Å². The van der Waals surface area contributed by atoms with Gasteiger partial charge in [-0.1, -0.05) is 19.9 Å². The Labute approximate surface area is 196 Å². The van der Waals surface area contributed by atoms with E-state index in [4.69, 9.17) is 4.74 Å². The number of phenols is 1. The van der Waals surface area contributed by atoms with E-state index >= 15 is 0 Å². The Morgan fingerprint density at radius 3 is 2.35 bits per heavy atom. The number of methoxy groups -OCH3 is 1. The van der Waals surface area contributed by atoms with E-state index in [1.807, 2.05) is 13.8 Å². The highest BCUT2D eigenvalue weighted by Gasteiger charge is 2.46. The van der Waals surface area contributed by atoms with Crippen LogP contribution >= 0.6 is 0 Å². The quantitative estimate of drug-likeness (QED) is 0.188. The second-order valence-corrected chi connectivity index (χ2v) is 7.75. The molecule has 1 saturated heterocycles. The monoisotopic (exact) mass is 469 g/mol. The number of nitrogens with zero attached hydrogens (tertiary/aromatic N) is 3. The third kappa shape index (κ3) is 4.72. The number of carbonyl (C=O) groups excluding carboxylic acids is 2. The first-order valence-electron chi connectivity index (χ1n) is 10.9. The van der Waals surface area contributed by atoms with Gasteiger partial charge >= 0.3 is 0 Å². The second kappa shape index (κ2) is 10.3. The molecule has 2 N–H and O–H groups in total. The van der Waals surface area contributed by atoms with Crippen molar-refractivity contribution in [2.45, 2.75) is 19.9 Å². The van der Waals surface area contributed by atoms with Crippen LogP contribution < -0.4 is 4.74 Å². The number of carbonyl (C=O) groups is 2. The molecule has 10 heteroatoms. The van der Waals surface area contributed by atoms with Crippen molar-refractivity contribution in [2.24, 2.45) is 0 Å². The van der Waals surface area contributed by atoms with Crippen LogP contribution in [-0.2, 0) is 9.59 Å². The standard InChI is InChI=1S/C24H27N3O7/c1-4-25(5-2)12-13-26-21(16-8-11-18(28)19(14-16)34-3)20(23(30)24(26)31)22(29)15-6-9-17(10-7-15)27(32)33/h6-11,14,21,28-29H,4-5,12-13H2,1-3H3/b22-20-. The molecule has 3 rings (SSSR count). The molecule has 1 aliphatic heterocycles. The minimum atomic E-state index is -0.930. The number of nitro benzene ring substituents is 1. The largest absolute Gasteiger partial charge is 0.507 e. The van der Waals surface area contributed by atoms with E-state index in [0.29, 0.717) is 12.1 Å². The fourth-order valence-corrected chi connectivity index (χ4v) is 4.01. The summed E-state index contributed by atoms with van der Waals surface area (Å²) in [6, 6.07) is 8.61. The van der Waals surface area contributed by atoms with Crippen molar-refractivity contribution in [1.82, 2.24) is 9.80 Å². The number of hydrogen-bond donors (Lipinski definition) is 2. The summed E-state index contributed by atoms with van der Waals surface area (Å²) >= 11 is 0. The lowest BCUT2D eigenvalue weighted by Crippen LogP contribution is -2.38. The molecule has 0 radical (unpaired) electrons. The van der Waals surface area contributed by atoms with Crippen molar-refractivity contribution in [3.05, 3.63) is 69.3 Å². The Bertz CT molecular complexity index is 1120. The molecule has 180 valence electrons. The average Bonchev–Trinajstić information content (AvgIpc) is 3.09. The summed E-state index contributed by atoms with van der Waals surface area (Å²) in [7, 11) is 1.38. The van der Waals surface area contributed by atoms with E-state index < -0.39 is 28.4 Å². The Balaban J connectivity index is 2.13. The molecule has 0 aliphatic carbocycles. The van der Waals surface area contributed by atoms with Gasteiger partial charge in [0.25, 0.3) is 17.4 Å². The summed E-state index contributed by atoms with van der Waals surface area (Å²) < 4.78 is 5.19. The van der Waals surface area contributed by atoms with Crippen LogP contribution in [0, 0.1) is 10.1 Å². The topological polar surface area (TPSA) is 133 Å². The van der Waals surface area contributed by atoms with E-state index in [1.54, 1.807) is 6.07 Å². The summed E-state index contributed by atoms with van der Waals surface area (Å²) in [5.74, 6) is -2.00. The molecular formula is C24H27N3O7. The van der Waals surface area contributed by atoms with Gasteiger partial charge in [-0.3, -0.25) is 19.7 Å². The lowest BCUT2D eigenvalue weighted by molar-refractivity contribution is -0.384. The SMILES string of the molecule is CCN(CC)CCN1C(=O)C(=O)/C(=C(\O)c2ccc([N+](=O)[O-])cc2)C1c1ccc(O)c(OC)c1. The van der Waals surface area contributed by atoms with Crippen molar-refractivity contribution < 1.29 is 29.5 Å². The molecule has 1 heterocycles. The summed E-state index contributed by atoms with van der Waals surface area (Å²) in [6.45, 7) is 6.27. The fourth-order valence-electron chi connectivity index (χ4n) is 4.01. The van der Waals surface area contributed by atoms with E-state index in [1.165, 1.54) is 48.4 Å². The van der Waals surface area contributed by atoms with Crippen LogP contribution in [0.25, 0.3) is 5.76 Å². The molecule has 0 bridgehead atoms. The molecule has 1 amide bonds. The Kier molecular flexibility index (Phi) is 7.52. The molecule has 0 aromatic heterocycles. The molecule has 2 aromatic rings. The first kappa shape index (κ1) is 24.7. The summed E-state index contributed by atoms with van der Waals surface area (Å²) in [5, 5.41) is 32.0.